The Kier molecular flexibility index (Phi) is 7.63. The molecule has 3 aromatic rings. The Labute approximate surface area is 223 Å². The summed E-state index contributed by atoms with van der Waals surface area (Å²) in [6, 6.07) is 13.4. The smallest absolute Gasteiger partial charge is 0.129 e. The molecule has 2 heterocycles. The lowest BCUT2D eigenvalue weighted by atomic mass is 10.0. The molecule has 0 saturated heterocycles. The maximum atomic E-state index is 5.32. The maximum absolute atomic E-state index is 5.32. The van der Waals surface area contributed by atoms with Crippen molar-refractivity contribution in [2.75, 3.05) is 0 Å². The first-order chi connectivity index (χ1) is 16.2. The van der Waals surface area contributed by atoms with E-state index in [0.29, 0.717) is 10.1 Å². The average molecular weight is 533 g/mol. The van der Waals surface area contributed by atoms with E-state index in [2.05, 4.69) is 129 Å². The minimum Gasteiger partial charge on any atom is -0.251 e. The highest BCUT2D eigenvalue weighted by Crippen LogP contribution is 2.39. The Balaban J connectivity index is 2.25. The highest BCUT2D eigenvalue weighted by Gasteiger charge is 2.36. The van der Waals surface area contributed by atoms with Crippen molar-refractivity contribution in [3.05, 3.63) is 47.3 Å². The Hall–Kier alpha value is -1.75. The van der Waals surface area contributed by atoms with E-state index < -0.39 is 24.2 Å². The molecular formula is C31H48N2Si3. The number of benzene rings is 1. The highest BCUT2D eigenvalue weighted by atomic mass is 28.3. The number of aromatic nitrogens is 2. The summed E-state index contributed by atoms with van der Waals surface area (Å²) in [6.07, 6.45) is 0. The Morgan fingerprint density at radius 3 is 1.61 bits per heavy atom. The van der Waals surface area contributed by atoms with Gasteiger partial charge in [-0.3, -0.25) is 9.97 Å². The van der Waals surface area contributed by atoms with Crippen LogP contribution < -0.4 is 0 Å². The molecule has 0 aliphatic rings. The molecule has 5 heteroatoms. The van der Waals surface area contributed by atoms with Gasteiger partial charge >= 0.3 is 0 Å². The number of fused-ring (bicyclic) bond motifs is 3. The predicted octanol–water partition coefficient (Wildman–Crippen LogP) is 9.19. The van der Waals surface area contributed by atoms with E-state index in [-0.39, 0.29) is 0 Å². The summed E-state index contributed by atoms with van der Waals surface area (Å²) < 4.78 is 0. The molecule has 0 radical (unpaired) electrons. The van der Waals surface area contributed by atoms with Crippen molar-refractivity contribution in [3.63, 3.8) is 0 Å². The van der Waals surface area contributed by atoms with Crippen LogP contribution in [0.5, 0.6) is 0 Å². The minimum absolute atomic E-state index is 0.324. The largest absolute Gasteiger partial charge is 0.251 e. The Morgan fingerprint density at radius 1 is 0.667 bits per heavy atom. The third-order valence-electron chi connectivity index (χ3n) is 8.63. The van der Waals surface area contributed by atoms with Crippen LogP contribution >= 0.6 is 0 Å². The number of pyridine rings is 2. The second kappa shape index (κ2) is 9.53. The first-order valence-electron chi connectivity index (χ1n) is 13.5. The van der Waals surface area contributed by atoms with Crippen LogP contribution in [0, 0.1) is 11.5 Å². The van der Waals surface area contributed by atoms with Crippen LogP contribution in [0.3, 0.4) is 0 Å². The lowest BCUT2D eigenvalue weighted by Crippen LogP contribution is -2.40. The fourth-order valence-corrected chi connectivity index (χ4v) is 7.71. The highest BCUT2D eigenvalue weighted by molar-refractivity contribution is 6.84. The van der Waals surface area contributed by atoms with Crippen molar-refractivity contribution in [1.29, 1.82) is 0 Å². The summed E-state index contributed by atoms with van der Waals surface area (Å²) in [6.45, 7) is 31.1. The molecule has 0 N–H and O–H groups in total. The maximum Gasteiger partial charge on any atom is 0.129 e. The summed E-state index contributed by atoms with van der Waals surface area (Å²) in [7, 11) is -4.52. The second-order valence-electron chi connectivity index (χ2n) is 15.1. The summed E-state index contributed by atoms with van der Waals surface area (Å²) in [5.41, 5.74) is 9.13. The first-order valence-corrected chi connectivity index (χ1v) is 23.4. The molecule has 3 rings (SSSR count). The van der Waals surface area contributed by atoms with Gasteiger partial charge in [-0.05, 0) is 46.4 Å². The van der Waals surface area contributed by atoms with Gasteiger partial charge in [0.1, 0.15) is 8.07 Å². The number of rotatable bonds is 4. The van der Waals surface area contributed by atoms with Crippen LogP contribution in [0.1, 0.15) is 58.5 Å². The predicted molar refractivity (Wildman–Crippen MR) is 169 cm³/mol. The normalized spacial score (nSPS) is 13.7. The molecular weight excluding hydrogens is 485 g/mol. The van der Waals surface area contributed by atoms with E-state index in [4.69, 9.17) is 9.97 Å². The minimum atomic E-state index is -1.52. The van der Waals surface area contributed by atoms with Gasteiger partial charge in [0, 0.05) is 27.7 Å². The molecule has 0 aliphatic heterocycles. The summed E-state index contributed by atoms with van der Waals surface area (Å²) in [5, 5.41) is 2.95. The number of nitrogens with zero attached hydrogens (tertiary/aromatic N) is 2. The standard InChI is InChI=1S/C31H48N2Si3/c1-30(2,3)35(10,11)21-25-15-14-24-20-23(18-19-34(7,8)9)27-17-16-26(33-29(27)28(24)32-25)22-36(12,13)31(4,5)6/h14-17,20H,21-22H2,1-13H3. The molecule has 0 saturated carbocycles. The van der Waals surface area contributed by atoms with Gasteiger partial charge in [-0.15, -0.1) is 5.54 Å². The monoisotopic (exact) mass is 532 g/mol. The zero-order valence-electron chi connectivity index (χ0n) is 25.2. The SMILES string of the molecule is CC(C)(C)[Si](C)(C)Cc1ccc2cc(C#C[Si](C)(C)C)c3ccc(C[Si](C)(C)C(C)(C)C)nc3c2n1. The molecule has 0 bridgehead atoms. The third-order valence-corrected chi connectivity index (χ3v) is 20.1. The molecule has 0 aliphatic carbocycles. The fourth-order valence-electron chi connectivity index (χ4n) is 3.94. The molecule has 2 aromatic heterocycles. The summed E-state index contributed by atoms with van der Waals surface area (Å²) >= 11 is 0. The average Bonchev–Trinajstić information content (AvgIpc) is 2.69. The van der Waals surface area contributed by atoms with Gasteiger partial charge in [0.25, 0.3) is 0 Å². The molecule has 0 unspecified atom stereocenters. The Bertz CT molecular complexity index is 1340. The van der Waals surface area contributed by atoms with E-state index in [9.17, 15) is 0 Å². The van der Waals surface area contributed by atoms with Crippen molar-refractivity contribution in [3.8, 4) is 11.5 Å². The molecule has 0 spiro atoms. The number of hydrogen-bond donors (Lipinski definition) is 0. The number of hydrogen-bond acceptors (Lipinski definition) is 2. The van der Waals surface area contributed by atoms with E-state index in [1.807, 2.05) is 0 Å². The topological polar surface area (TPSA) is 25.8 Å². The van der Waals surface area contributed by atoms with Crippen LogP contribution in [0.15, 0.2) is 30.3 Å². The van der Waals surface area contributed by atoms with Gasteiger partial charge in [-0.2, -0.15) is 0 Å². The zero-order chi connectivity index (χ0) is 27.3. The first kappa shape index (κ1) is 28.8. The molecule has 36 heavy (non-hydrogen) atoms. The Morgan fingerprint density at radius 2 is 1.14 bits per heavy atom. The lowest BCUT2D eigenvalue weighted by molar-refractivity contribution is 0.712. The van der Waals surface area contributed by atoms with Crippen LogP contribution in [0.4, 0.5) is 0 Å². The van der Waals surface area contributed by atoms with Gasteiger partial charge in [-0.25, -0.2) is 0 Å². The van der Waals surface area contributed by atoms with Gasteiger partial charge in [0.15, 0.2) is 0 Å². The van der Waals surface area contributed by atoms with Crippen molar-refractivity contribution in [2.45, 2.75) is 110 Å². The van der Waals surface area contributed by atoms with Gasteiger partial charge < -0.3 is 0 Å². The van der Waals surface area contributed by atoms with Gasteiger partial charge in [-0.1, -0.05) is 99.4 Å². The second-order valence-corrected chi connectivity index (χ2v) is 31.1. The van der Waals surface area contributed by atoms with Crippen molar-refractivity contribution < 1.29 is 0 Å². The van der Waals surface area contributed by atoms with E-state index in [1.54, 1.807) is 0 Å². The summed E-state index contributed by atoms with van der Waals surface area (Å²) in [4.78, 5) is 10.6. The zero-order valence-corrected chi connectivity index (χ0v) is 28.2. The van der Waals surface area contributed by atoms with Crippen LogP contribution in [-0.4, -0.2) is 34.2 Å². The van der Waals surface area contributed by atoms with Crippen molar-refractivity contribution in [2.24, 2.45) is 0 Å². The molecule has 0 amide bonds. The molecule has 0 fully saturated rings. The van der Waals surface area contributed by atoms with Crippen LogP contribution in [-0.2, 0) is 12.1 Å². The molecule has 2 nitrogen and oxygen atoms in total. The van der Waals surface area contributed by atoms with Crippen LogP contribution in [0.2, 0.25) is 55.9 Å². The lowest BCUT2D eigenvalue weighted by Gasteiger charge is -2.37. The quantitative estimate of drug-likeness (QED) is 0.190. The molecule has 1 aromatic carbocycles. The van der Waals surface area contributed by atoms with Crippen molar-refractivity contribution in [1.82, 2.24) is 9.97 Å². The van der Waals surface area contributed by atoms with Gasteiger partial charge in [0.2, 0.25) is 0 Å². The molecule has 0 atom stereocenters. The van der Waals surface area contributed by atoms with E-state index in [1.165, 1.54) is 11.4 Å². The van der Waals surface area contributed by atoms with Gasteiger partial charge in [0.05, 0.1) is 27.2 Å². The third kappa shape index (κ3) is 6.38. The molecule has 194 valence electrons. The van der Waals surface area contributed by atoms with E-state index >= 15 is 0 Å². The van der Waals surface area contributed by atoms with Crippen molar-refractivity contribution >= 4 is 46.0 Å². The van der Waals surface area contributed by atoms with E-state index in [0.717, 1.165) is 39.5 Å². The fraction of sp³-hybridized carbons (Fsp3) is 0.548. The summed E-state index contributed by atoms with van der Waals surface area (Å²) in [5.74, 6) is 3.54. The van der Waals surface area contributed by atoms with Crippen LogP contribution in [0.25, 0.3) is 21.8 Å².